The number of nitrogens with zero attached hydrogens (tertiary/aromatic N) is 5. The molecular weight excluding hydrogens is 500 g/mol. The second-order valence-corrected chi connectivity index (χ2v) is 11.5. The van der Waals surface area contributed by atoms with Crippen LogP contribution in [0.2, 0.25) is 5.02 Å². The number of ether oxygens (including phenoxy) is 1. The summed E-state index contributed by atoms with van der Waals surface area (Å²) < 4.78 is 7.89. The first-order valence-corrected chi connectivity index (χ1v) is 13.7. The first-order chi connectivity index (χ1) is 18.2. The number of hydrogen-bond donors (Lipinski definition) is 1. The largest absolute Gasteiger partial charge is 0.377 e. The maximum Gasteiger partial charge on any atom is 0.253 e. The highest BCUT2D eigenvalue weighted by Crippen LogP contribution is 2.32. The Morgan fingerprint density at radius 3 is 2.61 bits per heavy atom. The number of aromatic amines is 1. The molecule has 0 aliphatic carbocycles. The molecule has 0 amide bonds. The predicted molar refractivity (Wildman–Crippen MR) is 149 cm³/mol. The number of hydrogen-bond acceptors (Lipinski definition) is 6. The molecule has 1 N–H and O–H groups in total. The van der Waals surface area contributed by atoms with Gasteiger partial charge in [-0.3, -0.25) is 9.69 Å². The van der Waals surface area contributed by atoms with Crippen molar-refractivity contribution in [2.75, 3.05) is 13.2 Å². The molecule has 2 aromatic heterocycles. The highest BCUT2D eigenvalue weighted by atomic mass is 35.5. The standard InChI is InChI=1S/C29H35ClN6O2/c1-5-19-10-13-25-21(15-19)16-24(28(37)31-25)26(27-32-33-34-36(27)29(2,3)4)35(18-23-7-6-14-38-23)17-20-8-11-22(30)12-9-20/h8-13,15-16,23,26H,5-7,14,17-18H2,1-4H3,(H,31,37)/t23-,26-/m0/s1. The Kier molecular flexibility index (Phi) is 7.66. The second kappa shape index (κ2) is 11.0. The minimum atomic E-state index is -0.498. The molecule has 5 rings (SSSR count). The van der Waals surface area contributed by atoms with Crippen molar-refractivity contribution < 1.29 is 4.74 Å². The Morgan fingerprint density at radius 1 is 1.16 bits per heavy atom. The minimum Gasteiger partial charge on any atom is -0.377 e. The van der Waals surface area contributed by atoms with Crippen LogP contribution in [0.4, 0.5) is 0 Å². The number of H-pyrrole nitrogens is 1. The van der Waals surface area contributed by atoms with E-state index in [1.165, 1.54) is 5.56 Å². The van der Waals surface area contributed by atoms with Crippen molar-refractivity contribution in [3.63, 3.8) is 0 Å². The lowest BCUT2D eigenvalue weighted by Crippen LogP contribution is -2.40. The van der Waals surface area contributed by atoms with Gasteiger partial charge in [0.15, 0.2) is 5.82 Å². The summed E-state index contributed by atoms with van der Waals surface area (Å²) in [5, 5.41) is 14.6. The van der Waals surface area contributed by atoms with Crippen molar-refractivity contribution in [3.05, 3.63) is 86.4 Å². The zero-order valence-corrected chi connectivity index (χ0v) is 23.2. The van der Waals surface area contributed by atoms with Gasteiger partial charge in [0.2, 0.25) is 0 Å². The zero-order valence-electron chi connectivity index (χ0n) is 22.4. The smallest absolute Gasteiger partial charge is 0.253 e. The van der Waals surface area contributed by atoms with Gasteiger partial charge >= 0.3 is 0 Å². The number of benzene rings is 2. The summed E-state index contributed by atoms with van der Waals surface area (Å²) in [7, 11) is 0. The third kappa shape index (κ3) is 5.67. The molecule has 200 valence electrons. The number of aromatic nitrogens is 5. The third-order valence-corrected chi connectivity index (χ3v) is 7.39. The number of halogens is 1. The van der Waals surface area contributed by atoms with Crippen LogP contribution in [0.5, 0.6) is 0 Å². The van der Waals surface area contributed by atoms with Crippen molar-refractivity contribution >= 4 is 22.5 Å². The van der Waals surface area contributed by atoms with Crippen LogP contribution < -0.4 is 5.56 Å². The molecule has 0 radical (unpaired) electrons. The van der Waals surface area contributed by atoms with Gasteiger partial charge < -0.3 is 9.72 Å². The fourth-order valence-corrected chi connectivity index (χ4v) is 5.30. The molecule has 0 bridgehead atoms. The van der Waals surface area contributed by atoms with Crippen LogP contribution in [-0.2, 0) is 23.2 Å². The Labute approximate surface area is 228 Å². The molecule has 0 spiro atoms. The molecule has 3 heterocycles. The van der Waals surface area contributed by atoms with Crippen molar-refractivity contribution in [1.29, 1.82) is 0 Å². The summed E-state index contributed by atoms with van der Waals surface area (Å²) in [6.45, 7) is 10.3. The molecule has 8 nitrogen and oxygen atoms in total. The average molecular weight is 535 g/mol. The third-order valence-electron chi connectivity index (χ3n) is 7.14. The normalized spacial score (nSPS) is 16.9. The molecule has 2 atom stereocenters. The highest BCUT2D eigenvalue weighted by Gasteiger charge is 2.35. The molecule has 0 unspecified atom stereocenters. The minimum absolute atomic E-state index is 0.0648. The predicted octanol–water partition coefficient (Wildman–Crippen LogP) is 5.26. The van der Waals surface area contributed by atoms with Gasteiger partial charge in [0.25, 0.3) is 5.56 Å². The van der Waals surface area contributed by atoms with Crippen LogP contribution in [0, 0.1) is 0 Å². The van der Waals surface area contributed by atoms with E-state index in [2.05, 4.69) is 65.2 Å². The maximum atomic E-state index is 13.7. The van der Waals surface area contributed by atoms with Gasteiger partial charge in [0.05, 0.1) is 11.6 Å². The first kappa shape index (κ1) is 26.5. The number of pyridine rings is 1. The quantitative estimate of drug-likeness (QED) is 0.332. The van der Waals surface area contributed by atoms with E-state index < -0.39 is 6.04 Å². The first-order valence-electron chi connectivity index (χ1n) is 13.3. The van der Waals surface area contributed by atoms with E-state index >= 15 is 0 Å². The Hall–Kier alpha value is -3.07. The number of nitrogens with one attached hydrogen (secondary N) is 1. The summed E-state index contributed by atoms with van der Waals surface area (Å²) in [4.78, 5) is 19.1. The molecular formula is C29H35ClN6O2. The topological polar surface area (TPSA) is 88.9 Å². The highest BCUT2D eigenvalue weighted by molar-refractivity contribution is 6.30. The van der Waals surface area contributed by atoms with Crippen molar-refractivity contribution in [1.82, 2.24) is 30.1 Å². The van der Waals surface area contributed by atoms with Gasteiger partial charge in [0.1, 0.15) is 6.04 Å². The molecule has 4 aromatic rings. The molecule has 9 heteroatoms. The molecule has 1 aliphatic rings. The van der Waals surface area contributed by atoms with E-state index in [4.69, 9.17) is 16.3 Å². The average Bonchev–Trinajstić information content (AvgIpc) is 3.58. The van der Waals surface area contributed by atoms with E-state index in [9.17, 15) is 4.79 Å². The molecule has 1 aliphatic heterocycles. The maximum absolute atomic E-state index is 13.7. The van der Waals surface area contributed by atoms with Crippen molar-refractivity contribution in [3.8, 4) is 0 Å². The van der Waals surface area contributed by atoms with Gasteiger partial charge in [-0.05, 0) is 97.3 Å². The summed E-state index contributed by atoms with van der Waals surface area (Å²) in [5.74, 6) is 0.626. The summed E-state index contributed by atoms with van der Waals surface area (Å²) >= 11 is 6.19. The van der Waals surface area contributed by atoms with Crippen LogP contribution in [-0.4, -0.2) is 49.3 Å². The number of fused-ring (bicyclic) bond motifs is 1. The lowest BCUT2D eigenvalue weighted by atomic mass is 9.99. The molecule has 0 saturated carbocycles. The number of tetrazole rings is 1. The Morgan fingerprint density at radius 2 is 1.92 bits per heavy atom. The van der Waals surface area contributed by atoms with E-state index in [1.807, 2.05) is 41.1 Å². The van der Waals surface area contributed by atoms with E-state index in [1.54, 1.807) is 0 Å². The van der Waals surface area contributed by atoms with Crippen molar-refractivity contribution in [2.24, 2.45) is 0 Å². The SMILES string of the molecule is CCc1ccc2[nH]c(=O)c([C@@H](c3nnnn3C(C)(C)C)N(Cc3ccc(Cl)cc3)C[C@@H]3CCCO3)cc2c1. The number of rotatable bonds is 8. The fourth-order valence-electron chi connectivity index (χ4n) is 5.17. The van der Waals surface area contributed by atoms with Crippen LogP contribution in [0.15, 0.2) is 53.3 Å². The lowest BCUT2D eigenvalue weighted by molar-refractivity contribution is 0.0564. The van der Waals surface area contributed by atoms with Crippen molar-refractivity contribution in [2.45, 2.75) is 71.2 Å². The lowest BCUT2D eigenvalue weighted by Gasteiger charge is -2.34. The second-order valence-electron chi connectivity index (χ2n) is 11.0. The number of aryl methyl sites for hydroxylation is 1. The molecule has 38 heavy (non-hydrogen) atoms. The monoisotopic (exact) mass is 534 g/mol. The van der Waals surface area contributed by atoms with Gasteiger partial charge in [-0.1, -0.05) is 36.7 Å². The molecule has 1 fully saturated rings. The van der Waals surface area contributed by atoms with Gasteiger partial charge in [0, 0.05) is 35.8 Å². The van der Waals surface area contributed by atoms with E-state index in [0.29, 0.717) is 29.5 Å². The van der Waals surface area contributed by atoms with Crippen LogP contribution in [0.3, 0.4) is 0 Å². The van der Waals surface area contributed by atoms with E-state index in [-0.39, 0.29) is 17.2 Å². The van der Waals surface area contributed by atoms with Gasteiger partial charge in [-0.15, -0.1) is 5.10 Å². The zero-order chi connectivity index (χ0) is 26.9. The van der Waals surface area contributed by atoms with E-state index in [0.717, 1.165) is 42.3 Å². The van der Waals surface area contributed by atoms with Crippen LogP contribution >= 0.6 is 11.6 Å². The Balaban J connectivity index is 1.69. The summed E-state index contributed by atoms with van der Waals surface area (Å²) in [6, 6.07) is 15.5. The van der Waals surface area contributed by atoms with Crippen LogP contribution in [0.25, 0.3) is 10.9 Å². The Bertz CT molecular complexity index is 1450. The van der Waals surface area contributed by atoms with Gasteiger partial charge in [-0.25, -0.2) is 4.68 Å². The molecule has 2 aromatic carbocycles. The van der Waals surface area contributed by atoms with Gasteiger partial charge in [-0.2, -0.15) is 0 Å². The summed E-state index contributed by atoms with van der Waals surface area (Å²) in [5.41, 5.74) is 3.18. The molecule has 1 saturated heterocycles. The summed E-state index contributed by atoms with van der Waals surface area (Å²) in [6.07, 6.45) is 2.98. The fraction of sp³-hybridized carbons (Fsp3) is 0.448. The van der Waals surface area contributed by atoms with Crippen LogP contribution in [0.1, 0.15) is 69.1 Å².